The molecule has 1 aromatic heterocycles. The lowest BCUT2D eigenvalue weighted by atomic mass is 10.0. The molecule has 2 heterocycles. The van der Waals surface area contributed by atoms with Crippen molar-refractivity contribution < 1.29 is 4.74 Å². The Hall–Kier alpha value is -1.81. The number of ether oxygens (including phenoxy) is 1. The number of rotatable bonds is 4. The topological polar surface area (TPSA) is 49.9 Å². The SMILES string of the molecule is CNC(Cc1ncc[nH]1)C1Cc2ccccc2O1. The van der Waals surface area contributed by atoms with Crippen LogP contribution in [-0.2, 0) is 12.8 Å². The van der Waals surface area contributed by atoms with Gasteiger partial charge in [0, 0.05) is 25.2 Å². The summed E-state index contributed by atoms with van der Waals surface area (Å²) in [6, 6.07) is 8.51. The van der Waals surface area contributed by atoms with Crippen LogP contribution in [0.3, 0.4) is 0 Å². The van der Waals surface area contributed by atoms with Gasteiger partial charge in [-0.25, -0.2) is 4.98 Å². The molecule has 0 aliphatic carbocycles. The third kappa shape index (κ3) is 2.11. The monoisotopic (exact) mass is 243 g/mol. The zero-order valence-corrected chi connectivity index (χ0v) is 10.4. The van der Waals surface area contributed by atoms with E-state index in [-0.39, 0.29) is 12.1 Å². The average Bonchev–Trinajstić information content (AvgIpc) is 3.04. The number of benzene rings is 1. The van der Waals surface area contributed by atoms with E-state index in [0.29, 0.717) is 0 Å². The van der Waals surface area contributed by atoms with Gasteiger partial charge in [-0.2, -0.15) is 0 Å². The predicted molar refractivity (Wildman–Crippen MR) is 69.7 cm³/mol. The first-order chi connectivity index (χ1) is 8.86. The second-order valence-electron chi connectivity index (χ2n) is 4.60. The van der Waals surface area contributed by atoms with Crippen molar-refractivity contribution in [3.8, 4) is 5.75 Å². The predicted octanol–water partition coefficient (Wildman–Crippen LogP) is 1.54. The molecule has 0 bridgehead atoms. The number of nitrogens with one attached hydrogen (secondary N) is 2. The van der Waals surface area contributed by atoms with Crippen LogP contribution in [0.2, 0.25) is 0 Å². The Morgan fingerprint density at radius 3 is 3.11 bits per heavy atom. The fraction of sp³-hybridized carbons (Fsp3) is 0.357. The van der Waals surface area contributed by atoms with Crippen molar-refractivity contribution in [2.45, 2.75) is 25.0 Å². The molecule has 18 heavy (non-hydrogen) atoms. The summed E-state index contributed by atoms with van der Waals surface area (Å²) in [7, 11) is 1.97. The summed E-state index contributed by atoms with van der Waals surface area (Å²) in [4.78, 5) is 7.41. The fourth-order valence-electron chi connectivity index (χ4n) is 2.47. The number of fused-ring (bicyclic) bond motifs is 1. The summed E-state index contributed by atoms with van der Waals surface area (Å²) < 4.78 is 6.00. The summed E-state index contributed by atoms with van der Waals surface area (Å²) in [6.45, 7) is 0. The zero-order chi connectivity index (χ0) is 12.4. The molecule has 94 valence electrons. The minimum absolute atomic E-state index is 0.178. The van der Waals surface area contributed by atoms with Crippen molar-refractivity contribution in [3.63, 3.8) is 0 Å². The maximum Gasteiger partial charge on any atom is 0.123 e. The molecule has 0 amide bonds. The summed E-state index contributed by atoms with van der Waals surface area (Å²) in [6.07, 6.45) is 5.63. The Bertz CT molecular complexity index is 482. The van der Waals surface area contributed by atoms with Crippen LogP contribution in [0, 0.1) is 0 Å². The van der Waals surface area contributed by atoms with Gasteiger partial charge in [0.25, 0.3) is 0 Å². The molecule has 1 aliphatic heterocycles. The van der Waals surface area contributed by atoms with E-state index in [9.17, 15) is 0 Å². The molecule has 2 atom stereocenters. The van der Waals surface area contributed by atoms with E-state index in [1.165, 1.54) is 5.56 Å². The smallest absolute Gasteiger partial charge is 0.123 e. The van der Waals surface area contributed by atoms with E-state index in [2.05, 4.69) is 27.4 Å². The molecule has 2 aromatic rings. The van der Waals surface area contributed by atoms with Gasteiger partial charge in [0.05, 0.1) is 6.04 Å². The maximum atomic E-state index is 6.00. The highest BCUT2D eigenvalue weighted by Crippen LogP contribution is 2.29. The molecule has 3 rings (SSSR count). The fourth-order valence-corrected chi connectivity index (χ4v) is 2.47. The third-order valence-corrected chi connectivity index (χ3v) is 3.46. The number of para-hydroxylation sites is 1. The van der Waals surface area contributed by atoms with E-state index < -0.39 is 0 Å². The molecular weight excluding hydrogens is 226 g/mol. The lowest BCUT2D eigenvalue weighted by Gasteiger charge is -2.21. The van der Waals surface area contributed by atoms with Crippen molar-refractivity contribution in [2.75, 3.05) is 7.05 Å². The van der Waals surface area contributed by atoms with Crippen LogP contribution < -0.4 is 10.1 Å². The molecule has 0 fully saturated rings. The van der Waals surface area contributed by atoms with Gasteiger partial charge in [0.2, 0.25) is 0 Å². The van der Waals surface area contributed by atoms with Crippen molar-refractivity contribution in [1.29, 1.82) is 0 Å². The van der Waals surface area contributed by atoms with Gasteiger partial charge in [-0.3, -0.25) is 0 Å². The summed E-state index contributed by atoms with van der Waals surface area (Å²) >= 11 is 0. The second-order valence-corrected chi connectivity index (χ2v) is 4.60. The zero-order valence-electron chi connectivity index (χ0n) is 10.4. The van der Waals surface area contributed by atoms with Gasteiger partial charge in [0.1, 0.15) is 17.7 Å². The van der Waals surface area contributed by atoms with Crippen LogP contribution in [0.25, 0.3) is 0 Å². The van der Waals surface area contributed by atoms with Gasteiger partial charge in [-0.1, -0.05) is 18.2 Å². The number of aromatic amines is 1. The van der Waals surface area contributed by atoms with Crippen LogP contribution >= 0.6 is 0 Å². The van der Waals surface area contributed by atoms with Crippen molar-refractivity contribution in [1.82, 2.24) is 15.3 Å². The number of aromatic nitrogens is 2. The van der Waals surface area contributed by atoms with Crippen LogP contribution in [0.4, 0.5) is 0 Å². The highest BCUT2D eigenvalue weighted by Gasteiger charge is 2.29. The van der Waals surface area contributed by atoms with Crippen molar-refractivity contribution in [3.05, 3.63) is 48.0 Å². The molecule has 0 radical (unpaired) electrons. The van der Waals surface area contributed by atoms with Gasteiger partial charge in [0.15, 0.2) is 0 Å². The van der Waals surface area contributed by atoms with Gasteiger partial charge < -0.3 is 15.0 Å². The highest BCUT2D eigenvalue weighted by molar-refractivity contribution is 5.37. The minimum atomic E-state index is 0.178. The maximum absolute atomic E-state index is 6.00. The average molecular weight is 243 g/mol. The highest BCUT2D eigenvalue weighted by atomic mass is 16.5. The van der Waals surface area contributed by atoms with Crippen LogP contribution in [0.15, 0.2) is 36.7 Å². The minimum Gasteiger partial charge on any atom is -0.488 e. The number of nitrogens with zero attached hydrogens (tertiary/aromatic N) is 1. The second kappa shape index (κ2) is 4.82. The van der Waals surface area contributed by atoms with Crippen LogP contribution in [0.5, 0.6) is 5.75 Å². The van der Waals surface area contributed by atoms with Crippen molar-refractivity contribution >= 4 is 0 Å². The summed E-state index contributed by atoms with van der Waals surface area (Å²) in [5, 5.41) is 3.33. The molecule has 0 saturated carbocycles. The Balaban J connectivity index is 1.71. The number of imidazole rings is 1. The molecule has 1 aliphatic rings. The van der Waals surface area contributed by atoms with Crippen molar-refractivity contribution in [2.24, 2.45) is 0 Å². The Labute approximate surface area is 106 Å². The lowest BCUT2D eigenvalue weighted by Crippen LogP contribution is -2.42. The molecular formula is C14H17N3O. The van der Waals surface area contributed by atoms with E-state index in [1.54, 1.807) is 6.20 Å². The first-order valence-corrected chi connectivity index (χ1v) is 6.27. The van der Waals surface area contributed by atoms with Crippen LogP contribution in [0.1, 0.15) is 11.4 Å². The number of likely N-dealkylation sites (N-methyl/N-ethyl adjacent to an activating group) is 1. The molecule has 4 nitrogen and oxygen atoms in total. The van der Waals surface area contributed by atoms with Gasteiger partial charge >= 0.3 is 0 Å². The van der Waals surface area contributed by atoms with Gasteiger partial charge in [-0.05, 0) is 18.7 Å². The molecule has 2 unspecified atom stereocenters. The third-order valence-electron chi connectivity index (χ3n) is 3.46. The number of H-pyrrole nitrogens is 1. The molecule has 0 spiro atoms. The Morgan fingerprint density at radius 2 is 2.39 bits per heavy atom. The standard InChI is InChI=1S/C14H17N3O/c1-15-11(9-14-16-6-7-17-14)13-8-10-4-2-3-5-12(10)18-13/h2-7,11,13,15H,8-9H2,1H3,(H,16,17). The Kier molecular flexibility index (Phi) is 3.02. The quantitative estimate of drug-likeness (QED) is 0.856. The lowest BCUT2D eigenvalue weighted by molar-refractivity contribution is 0.181. The molecule has 0 saturated heterocycles. The Morgan fingerprint density at radius 1 is 1.50 bits per heavy atom. The first kappa shape index (κ1) is 11.3. The number of hydrogen-bond donors (Lipinski definition) is 2. The van der Waals surface area contributed by atoms with E-state index in [4.69, 9.17) is 4.74 Å². The molecule has 1 aromatic carbocycles. The first-order valence-electron chi connectivity index (χ1n) is 6.27. The van der Waals surface area contributed by atoms with E-state index >= 15 is 0 Å². The van der Waals surface area contributed by atoms with Gasteiger partial charge in [-0.15, -0.1) is 0 Å². The van der Waals surface area contributed by atoms with Crippen LogP contribution in [-0.4, -0.2) is 29.2 Å². The number of hydrogen-bond acceptors (Lipinski definition) is 3. The normalized spacial score (nSPS) is 19.3. The van der Waals surface area contributed by atoms with E-state index in [1.807, 2.05) is 25.4 Å². The summed E-state index contributed by atoms with van der Waals surface area (Å²) in [5.41, 5.74) is 1.29. The molecule has 2 N–H and O–H groups in total. The molecule has 4 heteroatoms. The summed E-state index contributed by atoms with van der Waals surface area (Å²) in [5.74, 6) is 2.01. The largest absolute Gasteiger partial charge is 0.488 e. The van der Waals surface area contributed by atoms with E-state index in [0.717, 1.165) is 24.4 Å².